The highest BCUT2D eigenvalue weighted by molar-refractivity contribution is 8.00. The van der Waals surface area contributed by atoms with E-state index in [4.69, 9.17) is 0 Å². The summed E-state index contributed by atoms with van der Waals surface area (Å²) in [5.41, 5.74) is 0.706. The molecule has 14 heteroatoms. The number of hydrogen-bond donors (Lipinski definition) is 5. The van der Waals surface area contributed by atoms with Crippen molar-refractivity contribution in [2.24, 2.45) is 0 Å². The van der Waals surface area contributed by atoms with Crippen molar-refractivity contribution in [2.45, 2.75) is 170 Å². The molecule has 4 atom stereocenters. The largest absolute Gasteiger partial charge is 0.356 e. The molecule has 4 aromatic rings. The van der Waals surface area contributed by atoms with Crippen molar-refractivity contribution in [3.05, 3.63) is 54.6 Å². The van der Waals surface area contributed by atoms with E-state index in [9.17, 15) is 28.8 Å². The summed E-state index contributed by atoms with van der Waals surface area (Å²) in [6.45, 7) is 2.02. The smallest absolute Gasteiger partial charge is 0.315 e. The molecule has 7 amide bonds. The second-order valence-electron chi connectivity index (χ2n) is 19.1. The van der Waals surface area contributed by atoms with Crippen LogP contribution in [0.4, 0.5) is 10.5 Å². The van der Waals surface area contributed by atoms with Crippen molar-refractivity contribution in [1.29, 1.82) is 0 Å². The zero-order valence-corrected chi connectivity index (χ0v) is 41.7. The van der Waals surface area contributed by atoms with Crippen molar-refractivity contribution in [3.8, 4) is 0 Å². The normalized spacial score (nSPS) is 19.0. The quantitative estimate of drug-likeness (QED) is 0.0140. The van der Waals surface area contributed by atoms with Gasteiger partial charge in [-0.2, -0.15) is 11.8 Å². The lowest BCUT2D eigenvalue weighted by atomic mass is 9.93. The summed E-state index contributed by atoms with van der Waals surface area (Å²) in [7, 11) is 0. The summed E-state index contributed by atoms with van der Waals surface area (Å²) < 4.78 is 0. The predicted molar refractivity (Wildman–Crippen MR) is 280 cm³/mol. The standard InChI is InChI=1S/C54H74N6O6S2/c61-46(23-11-9-16-33-56-47(62)24-12-10-17-34-57-48(63)25-14-13-22-44-52-42(37-68-44)58-54(66)59-52)55-32-15-7-5-3-1-2-4-6-8-18-35-67-45-36-49(64)60(53(45)65)43-31-29-40-27-26-38-20-19-21-39-28-30-41(43)51(40)50(38)39/h19-21,26-31,42,44-45,52H,1-18,22-25,32-37H2,(H,55,61)(H,56,62)(H,57,63)(H2,58,59,66)/t42-,44-,45?,52-/m0/s1. The summed E-state index contributed by atoms with van der Waals surface area (Å²) in [5, 5.41) is 21.9. The van der Waals surface area contributed by atoms with Crippen molar-refractivity contribution < 1.29 is 28.8 Å². The molecule has 4 aromatic carbocycles. The first-order valence-electron chi connectivity index (χ1n) is 25.9. The molecule has 3 aliphatic heterocycles. The molecule has 368 valence electrons. The van der Waals surface area contributed by atoms with Gasteiger partial charge in [0.2, 0.25) is 29.5 Å². The van der Waals surface area contributed by atoms with Crippen LogP contribution in [0.3, 0.4) is 0 Å². The molecule has 0 aromatic heterocycles. The van der Waals surface area contributed by atoms with E-state index in [1.165, 1.54) is 59.6 Å². The van der Waals surface area contributed by atoms with Gasteiger partial charge in [-0.15, -0.1) is 11.8 Å². The third-order valence-corrected chi connectivity index (χ3v) is 16.8. The van der Waals surface area contributed by atoms with E-state index in [1.807, 2.05) is 23.9 Å². The summed E-state index contributed by atoms with van der Waals surface area (Å²) in [6, 6.07) is 19.1. The van der Waals surface area contributed by atoms with Gasteiger partial charge in [0.05, 0.1) is 23.0 Å². The van der Waals surface area contributed by atoms with Gasteiger partial charge in [-0.25, -0.2) is 9.69 Å². The molecule has 3 fully saturated rings. The second-order valence-corrected chi connectivity index (χ2v) is 21.7. The van der Waals surface area contributed by atoms with E-state index < -0.39 is 0 Å². The lowest BCUT2D eigenvalue weighted by molar-refractivity contribution is -0.122. The van der Waals surface area contributed by atoms with Gasteiger partial charge in [-0.05, 0) is 90.1 Å². The number of fused-ring (bicyclic) bond motifs is 1. The van der Waals surface area contributed by atoms with Crippen molar-refractivity contribution in [1.82, 2.24) is 26.6 Å². The van der Waals surface area contributed by atoms with Gasteiger partial charge in [0.1, 0.15) is 0 Å². The molecule has 3 saturated heterocycles. The number of urea groups is 1. The number of nitrogens with one attached hydrogen (secondary N) is 5. The minimum atomic E-state index is -0.309. The first-order chi connectivity index (χ1) is 33.3. The summed E-state index contributed by atoms with van der Waals surface area (Å²) >= 11 is 3.55. The van der Waals surface area contributed by atoms with Gasteiger partial charge in [-0.1, -0.05) is 119 Å². The molecular formula is C54H74N6O6S2. The van der Waals surface area contributed by atoms with Crippen LogP contribution in [0.2, 0.25) is 0 Å². The number of nitrogens with zero attached hydrogens (tertiary/aromatic N) is 1. The average Bonchev–Trinajstić information content (AvgIpc) is 3.99. The molecule has 0 radical (unpaired) electrons. The summed E-state index contributed by atoms with van der Waals surface area (Å²) in [6.07, 6.45) is 21.5. The van der Waals surface area contributed by atoms with Gasteiger partial charge < -0.3 is 26.6 Å². The number of hydrogen-bond acceptors (Lipinski definition) is 8. The summed E-state index contributed by atoms with van der Waals surface area (Å²) in [4.78, 5) is 76.4. The van der Waals surface area contributed by atoms with Crippen LogP contribution in [-0.2, 0) is 24.0 Å². The van der Waals surface area contributed by atoms with Gasteiger partial charge in [0, 0.05) is 61.7 Å². The molecule has 68 heavy (non-hydrogen) atoms. The number of imide groups is 1. The molecular weight excluding hydrogens is 893 g/mol. The molecule has 5 N–H and O–H groups in total. The SMILES string of the molecule is O=C(CCCCCNC(=O)CCCCCNC(=O)CCCC[C@@H]1SC[C@@H]2NC(=O)N[C@@H]21)NCCCCCCCCCCCCSC1CC(=O)N(c2ccc3ccc4cccc5ccc2c3c45)C1=O. The molecule has 0 bridgehead atoms. The monoisotopic (exact) mass is 967 g/mol. The first-order valence-corrected chi connectivity index (χ1v) is 28.0. The fourth-order valence-electron chi connectivity index (χ4n) is 10.2. The maximum atomic E-state index is 13.6. The lowest BCUT2D eigenvalue weighted by Gasteiger charge is -2.20. The summed E-state index contributed by atoms with van der Waals surface area (Å²) in [5.74, 6) is 1.94. The highest BCUT2D eigenvalue weighted by atomic mass is 32.2. The fourth-order valence-corrected chi connectivity index (χ4v) is 12.9. The van der Waals surface area contributed by atoms with Crippen LogP contribution in [0.15, 0.2) is 54.6 Å². The Morgan fingerprint density at radius 1 is 0.588 bits per heavy atom. The molecule has 7 rings (SSSR count). The number of benzene rings is 4. The Bertz CT molecular complexity index is 2290. The van der Waals surface area contributed by atoms with E-state index in [0.29, 0.717) is 43.3 Å². The fraction of sp³-hybridized carbons (Fsp3) is 0.593. The van der Waals surface area contributed by atoms with Crippen LogP contribution in [0, 0.1) is 0 Å². The van der Waals surface area contributed by atoms with E-state index in [-0.39, 0.29) is 59.3 Å². The lowest BCUT2D eigenvalue weighted by Crippen LogP contribution is -2.36. The molecule has 0 saturated carbocycles. The third-order valence-electron chi connectivity index (χ3n) is 14.0. The Kier molecular flexibility index (Phi) is 20.4. The Hall–Kier alpha value is -4.56. The van der Waals surface area contributed by atoms with E-state index >= 15 is 0 Å². The first kappa shape index (κ1) is 51.3. The van der Waals surface area contributed by atoms with Crippen LogP contribution in [0.5, 0.6) is 0 Å². The van der Waals surface area contributed by atoms with Crippen LogP contribution in [-0.4, -0.2) is 89.3 Å². The van der Waals surface area contributed by atoms with Gasteiger partial charge in [0.15, 0.2) is 0 Å². The molecule has 0 aliphatic carbocycles. The minimum Gasteiger partial charge on any atom is -0.356 e. The Labute approximate surface area is 411 Å². The van der Waals surface area contributed by atoms with Crippen molar-refractivity contribution in [3.63, 3.8) is 0 Å². The Balaban J connectivity index is 0.598. The third kappa shape index (κ3) is 14.7. The molecule has 0 spiro atoms. The van der Waals surface area contributed by atoms with E-state index in [0.717, 1.165) is 118 Å². The average molecular weight is 967 g/mol. The molecule has 3 heterocycles. The van der Waals surface area contributed by atoms with Gasteiger partial charge in [0.25, 0.3) is 0 Å². The van der Waals surface area contributed by atoms with E-state index in [2.05, 4.69) is 69.0 Å². The number of amides is 7. The maximum absolute atomic E-state index is 13.6. The molecule has 12 nitrogen and oxygen atoms in total. The van der Waals surface area contributed by atoms with Crippen LogP contribution < -0.4 is 31.5 Å². The van der Waals surface area contributed by atoms with Crippen molar-refractivity contribution >= 4 is 97.1 Å². The number of carbonyl (C=O) groups is 6. The highest BCUT2D eigenvalue weighted by Crippen LogP contribution is 2.41. The number of anilines is 1. The number of thioether (sulfide) groups is 2. The molecule has 1 unspecified atom stereocenters. The molecule has 3 aliphatic rings. The minimum absolute atomic E-state index is 0.0596. The van der Waals surface area contributed by atoms with Crippen LogP contribution in [0.25, 0.3) is 32.3 Å². The zero-order valence-electron chi connectivity index (χ0n) is 40.0. The number of rotatable bonds is 32. The predicted octanol–water partition coefficient (Wildman–Crippen LogP) is 10.0. The van der Waals surface area contributed by atoms with Crippen molar-refractivity contribution in [2.75, 3.05) is 36.0 Å². The van der Waals surface area contributed by atoms with Gasteiger partial charge >= 0.3 is 6.03 Å². The topological polar surface area (TPSA) is 166 Å². The van der Waals surface area contributed by atoms with Crippen LogP contribution >= 0.6 is 23.5 Å². The maximum Gasteiger partial charge on any atom is 0.315 e. The van der Waals surface area contributed by atoms with Gasteiger partial charge in [-0.3, -0.25) is 24.0 Å². The number of unbranched alkanes of at least 4 members (excludes halogenated alkanes) is 14. The van der Waals surface area contributed by atoms with E-state index in [1.54, 1.807) is 11.8 Å². The highest BCUT2D eigenvalue weighted by Gasteiger charge is 2.43. The van der Waals surface area contributed by atoms with Crippen LogP contribution in [0.1, 0.15) is 148 Å². The Morgan fingerprint density at radius 2 is 1.10 bits per heavy atom. The number of carbonyl (C=O) groups excluding carboxylic acids is 6. The Morgan fingerprint density at radius 3 is 1.72 bits per heavy atom. The second kappa shape index (κ2) is 27.0. The zero-order chi connectivity index (χ0) is 47.5.